The van der Waals surface area contributed by atoms with Gasteiger partial charge in [-0.3, -0.25) is 9.59 Å². The summed E-state index contributed by atoms with van der Waals surface area (Å²) in [5.41, 5.74) is 4.57. The average molecular weight is 588 g/mol. The highest BCUT2D eigenvalue weighted by molar-refractivity contribution is 6.39. The maximum absolute atomic E-state index is 13.1. The molecular weight excluding hydrogens is 559 g/mol. The normalized spacial score (nSPS) is 16.0. The molecule has 1 saturated heterocycles. The number of hydrogen-bond donors (Lipinski definition) is 2. The fourth-order valence-corrected chi connectivity index (χ4v) is 5.68. The number of rotatable bonds is 8. The maximum Gasteiger partial charge on any atom is 0.326 e. The summed E-state index contributed by atoms with van der Waals surface area (Å²) < 4.78 is 0. The number of aryl methyl sites for hydroxylation is 1. The third-order valence-electron chi connectivity index (χ3n) is 6.97. The van der Waals surface area contributed by atoms with Crippen molar-refractivity contribution in [1.82, 2.24) is 10.2 Å². The Kier molecular flexibility index (Phi) is 9.54. The Hall–Kier alpha value is -3.06. The molecule has 9 heteroatoms. The lowest BCUT2D eigenvalue weighted by atomic mass is 9.95. The molecule has 39 heavy (non-hydrogen) atoms. The first-order chi connectivity index (χ1) is 18.6. The number of nitrogens with one attached hydrogen (secondary N) is 1. The SMILES string of the molecule is Cc1ccc(-c2ccc(C[C@H](NC(=O)C3CCCN(C(=O)Cc4c(Cl)cc(Cl)cc4Cl)C3)C(=O)O)cc2)cc1. The van der Waals surface area contributed by atoms with Crippen LogP contribution < -0.4 is 5.32 Å². The summed E-state index contributed by atoms with van der Waals surface area (Å²) in [4.78, 5) is 39.7. The second kappa shape index (κ2) is 12.9. The summed E-state index contributed by atoms with van der Waals surface area (Å²) >= 11 is 18.4. The van der Waals surface area contributed by atoms with Crippen LogP contribution in [0.15, 0.2) is 60.7 Å². The molecule has 2 amide bonds. The van der Waals surface area contributed by atoms with Gasteiger partial charge in [0.15, 0.2) is 0 Å². The van der Waals surface area contributed by atoms with Gasteiger partial charge in [0.05, 0.1) is 12.3 Å². The Bertz CT molecular complexity index is 1340. The zero-order valence-corrected chi connectivity index (χ0v) is 23.7. The Morgan fingerprint density at radius 3 is 2.15 bits per heavy atom. The minimum Gasteiger partial charge on any atom is -0.480 e. The van der Waals surface area contributed by atoms with Gasteiger partial charge < -0.3 is 15.3 Å². The number of carbonyl (C=O) groups is 3. The third-order valence-corrected chi connectivity index (χ3v) is 7.86. The molecule has 0 aliphatic carbocycles. The number of benzene rings is 3. The number of aliphatic carboxylic acids is 1. The number of carboxylic acid groups (broad SMARTS) is 1. The first kappa shape index (κ1) is 28.9. The van der Waals surface area contributed by atoms with Gasteiger partial charge in [0, 0.05) is 34.6 Å². The highest BCUT2D eigenvalue weighted by atomic mass is 35.5. The zero-order valence-electron chi connectivity index (χ0n) is 21.4. The molecule has 0 spiro atoms. The quantitative estimate of drug-likeness (QED) is 0.328. The third kappa shape index (κ3) is 7.53. The summed E-state index contributed by atoms with van der Waals surface area (Å²) in [7, 11) is 0. The second-order valence-corrected chi connectivity index (χ2v) is 11.1. The van der Waals surface area contributed by atoms with E-state index in [4.69, 9.17) is 34.8 Å². The van der Waals surface area contributed by atoms with Gasteiger partial charge in [-0.1, -0.05) is 88.9 Å². The Balaban J connectivity index is 1.37. The lowest BCUT2D eigenvalue weighted by Gasteiger charge is -2.33. The molecule has 1 aliphatic rings. The van der Waals surface area contributed by atoms with Crippen LogP contribution >= 0.6 is 34.8 Å². The summed E-state index contributed by atoms with van der Waals surface area (Å²) in [5.74, 6) is -2.20. The Labute approximate surface area is 242 Å². The largest absolute Gasteiger partial charge is 0.480 e. The number of likely N-dealkylation sites (tertiary alicyclic amines) is 1. The number of nitrogens with zero attached hydrogens (tertiary/aromatic N) is 1. The summed E-state index contributed by atoms with van der Waals surface area (Å²) in [6.45, 7) is 2.73. The van der Waals surface area contributed by atoms with Gasteiger partial charge in [-0.25, -0.2) is 4.79 Å². The Morgan fingerprint density at radius 1 is 0.974 bits per heavy atom. The Morgan fingerprint density at radius 2 is 1.56 bits per heavy atom. The standard InChI is InChI=1S/C30H29Cl3N2O4/c1-18-4-8-20(9-5-18)21-10-6-19(7-11-21)13-27(30(38)39)34-29(37)22-3-2-12-35(17-22)28(36)16-24-25(32)14-23(31)15-26(24)33/h4-11,14-15,22,27H,2-3,12-13,16-17H2,1H3,(H,34,37)(H,38,39)/t22?,27-/m0/s1. The van der Waals surface area contributed by atoms with Gasteiger partial charge in [-0.15, -0.1) is 0 Å². The van der Waals surface area contributed by atoms with Crippen LogP contribution in [0.2, 0.25) is 15.1 Å². The smallest absolute Gasteiger partial charge is 0.326 e. The summed E-state index contributed by atoms with van der Waals surface area (Å²) in [5, 5.41) is 13.5. The van der Waals surface area contributed by atoms with Gasteiger partial charge in [-0.2, -0.15) is 0 Å². The zero-order chi connectivity index (χ0) is 28.1. The molecule has 2 atom stereocenters. The number of amides is 2. The molecule has 1 heterocycles. The van der Waals surface area contributed by atoms with Gasteiger partial charge in [0.1, 0.15) is 6.04 Å². The van der Waals surface area contributed by atoms with Crippen molar-refractivity contribution in [3.8, 4) is 11.1 Å². The van der Waals surface area contributed by atoms with E-state index >= 15 is 0 Å². The van der Waals surface area contributed by atoms with E-state index in [-0.39, 0.29) is 31.2 Å². The molecule has 1 fully saturated rings. The van der Waals surface area contributed by atoms with E-state index in [1.165, 1.54) is 17.7 Å². The van der Waals surface area contributed by atoms with Crippen LogP contribution in [-0.4, -0.2) is 46.9 Å². The van der Waals surface area contributed by atoms with Crippen molar-refractivity contribution < 1.29 is 19.5 Å². The van der Waals surface area contributed by atoms with E-state index in [0.29, 0.717) is 40.0 Å². The predicted octanol–water partition coefficient (Wildman–Crippen LogP) is 6.22. The number of carboxylic acids is 1. The van der Waals surface area contributed by atoms with Crippen molar-refractivity contribution in [3.63, 3.8) is 0 Å². The molecule has 3 aromatic rings. The molecule has 0 aromatic heterocycles. The van der Waals surface area contributed by atoms with E-state index in [1.807, 2.05) is 55.5 Å². The average Bonchev–Trinajstić information content (AvgIpc) is 2.91. The van der Waals surface area contributed by atoms with Crippen LogP contribution in [0.5, 0.6) is 0 Å². The van der Waals surface area contributed by atoms with E-state index in [1.54, 1.807) is 4.90 Å². The molecule has 0 radical (unpaired) electrons. The molecule has 1 aliphatic heterocycles. The fourth-order valence-electron chi connectivity index (χ4n) is 4.73. The van der Waals surface area contributed by atoms with Crippen LogP contribution in [-0.2, 0) is 27.2 Å². The molecule has 1 unspecified atom stereocenters. The molecule has 0 saturated carbocycles. The highest BCUT2D eigenvalue weighted by Crippen LogP contribution is 2.30. The molecule has 204 valence electrons. The van der Waals surface area contributed by atoms with Gasteiger partial charge in [-0.05, 0) is 54.2 Å². The van der Waals surface area contributed by atoms with Crippen LogP contribution in [0.25, 0.3) is 11.1 Å². The molecule has 6 nitrogen and oxygen atoms in total. The first-order valence-corrected chi connectivity index (χ1v) is 13.8. The molecule has 3 aromatic carbocycles. The van der Waals surface area contributed by atoms with E-state index in [2.05, 4.69) is 5.32 Å². The van der Waals surface area contributed by atoms with E-state index in [9.17, 15) is 19.5 Å². The van der Waals surface area contributed by atoms with Crippen molar-refractivity contribution in [2.45, 2.75) is 38.6 Å². The minimum atomic E-state index is -1.11. The van der Waals surface area contributed by atoms with Crippen molar-refractivity contribution in [1.29, 1.82) is 0 Å². The molecule has 4 rings (SSSR count). The second-order valence-electron chi connectivity index (χ2n) is 9.87. The first-order valence-electron chi connectivity index (χ1n) is 12.7. The topological polar surface area (TPSA) is 86.7 Å². The van der Waals surface area contributed by atoms with Gasteiger partial charge in [0.2, 0.25) is 11.8 Å². The van der Waals surface area contributed by atoms with Crippen molar-refractivity contribution in [2.24, 2.45) is 5.92 Å². The van der Waals surface area contributed by atoms with E-state index in [0.717, 1.165) is 16.7 Å². The van der Waals surface area contributed by atoms with Crippen LogP contribution in [0.4, 0.5) is 0 Å². The maximum atomic E-state index is 13.1. The minimum absolute atomic E-state index is 0.0144. The van der Waals surface area contributed by atoms with Crippen LogP contribution in [0, 0.1) is 12.8 Å². The summed E-state index contributed by atoms with van der Waals surface area (Å²) in [6.07, 6.45) is 1.33. The number of hydrogen-bond acceptors (Lipinski definition) is 3. The van der Waals surface area contributed by atoms with E-state index < -0.39 is 17.9 Å². The van der Waals surface area contributed by atoms with Gasteiger partial charge >= 0.3 is 5.97 Å². The lowest BCUT2D eigenvalue weighted by Crippen LogP contribution is -2.50. The summed E-state index contributed by atoms with van der Waals surface area (Å²) in [6, 6.07) is 17.8. The number of piperidine rings is 1. The molecule has 2 N–H and O–H groups in total. The van der Waals surface area contributed by atoms with Gasteiger partial charge in [0.25, 0.3) is 0 Å². The lowest BCUT2D eigenvalue weighted by molar-refractivity contribution is -0.143. The molecular formula is C30H29Cl3N2O4. The number of halogens is 3. The highest BCUT2D eigenvalue weighted by Gasteiger charge is 2.31. The van der Waals surface area contributed by atoms with Crippen molar-refractivity contribution in [2.75, 3.05) is 13.1 Å². The van der Waals surface area contributed by atoms with Crippen LogP contribution in [0.1, 0.15) is 29.5 Å². The van der Waals surface area contributed by atoms with Crippen molar-refractivity contribution in [3.05, 3.63) is 92.4 Å². The fraction of sp³-hybridized carbons (Fsp3) is 0.300. The van der Waals surface area contributed by atoms with Crippen LogP contribution in [0.3, 0.4) is 0 Å². The predicted molar refractivity (Wildman–Crippen MR) is 154 cm³/mol. The monoisotopic (exact) mass is 586 g/mol. The molecule has 0 bridgehead atoms. The van der Waals surface area contributed by atoms with Crippen molar-refractivity contribution >= 4 is 52.6 Å². The number of carbonyl (C=O) groups excluding carboxylic acids is 2.